The summed E-state index contributed by atoms with van der Waals surface area (Å²) in [5.41, 5.74) is 1.16. The lowest BCUT2D eigenvalue weighted by Gasteiger charge is -2.30. The number of aromatic nitrogens is 5. The molecule has 2 aromatic heterocycles. The molecule has 0 bridgehead atoms. The van der Waals surface area contributed by atoms with Crippen LogP contribution in [0.15, 0.2) is 24.5 Å². The number of likely N-dealkylation sites (tertiary alicyclic amines) is 1. The average Bonchev–Trinajstić information content (AvgIpc) is 3.30. The maximum absolute atomic E-state index is 9.83. The van der Waals surface area contributed by atoms with Gasteiger partial charge >= 0.3 is 0 Å². The highest BCUT2D eigenvalue weighted by Gasteiger charge is 2.38. The lowest BCUT2D eigenvalue weighted by Crippen LogP contribution is -2.35. The van der Waals surface area contributed by atoms with E-state index >= 15 is 0 Å². The van der Waals surface area contributed by atoms with Crippen molar-refractivity contribution in [2.45, 2.75) is 69.6 Å². The Labute approximate surface area is 148 Å². The number of pyridine rings is 1. The van der Waals surface area contributed by atoms with Crippen LogP contribution in [0.1, 0.15) is 68.4 Å². The predicted octanol–water partition coefficient (Wildman–Crippen LogP) is 2.27. The van der Waals surface area contributed by atoms with Crippen LogP contribution in [0.5, 0.6) is 0 Å². The summed E-state index contributed by atoms with van der Waals surface area (Å²) in [6.45, 7) is 0.934. The minimum atomic E-state index is 0.154. The number of hydrogen-bond acceptors (Lipinski definition) is 6. The second-order valence-electron chi connectivity index (χ2n) is 7.24. The fraction of sp³-hybridized carbons (Fsp3) is 0.667. The van der Waals surface area contributed by atoms with Gasteiger partial charge in [-0.1, -0.05) is 25.3 Å². The molecule has 2 aliphatic rings. The van der Waals surface area contributed by atoms with Crippen molar-refractivity contribution in [3.8, 4) is 0 Å². The summed E-state index contributed by atoms with van der Waals surface area (Å²) in [6.07, 6.45) is 11.8. The molecule has 7 heteroatoms. The van der Waals surface area contributed by atoms with Gasteiger partial charge in [0.2, 0.25) is 0 Å². The number of nitrogens with zero attached hydrogens (tertiary/aromatic N) is 6. The Hall–Kier alpha value is -1.86. The second-order valence-corrected chi connectivity index (χ2v) is 7.24. The fourth-order valence-corrected chi connectivity index (χ4v) is 4.36. The first kappa shape index (κ1) is 16.6. The van der Waals surface area contributed by atoms with E-state index < -0.39 is 0 Å². The van der Waals surface area contributed by atoms with E-state index in [1.54, 1.807) is 6.20 Å². The Bertz CT molecular complexity index is 669. The third-order valence-electron chi connectivity index (χ3n) is 5.68. The molecule has 2 fully saturated rings. The first-order chi connectivity index (χ1) is 12.4. The van der Waals surface area contributed by atoms with Crippen molar-refractivity contribution < 1.29 is 5.11 Å². The van der Waals surface area contributed by atoms with Gasteiger partial charge in [0, 0.05) is 25.0 Å². The van der Waals surface area contributed by atoms with Crippen molar-refractivity contribution in [2.24, 2.45) is 0 Å². The van der Waals surface area contributed by atoms with Crippen molar-refractivity contribution in [1.82, 2.24) is 30.1 Å². The topological polar surface area (TPSA) is 80.0 Å². The van der Waals surface area contributed by atoms with Gasteiger partial charge in [0.15, 0.2) is 5.82 Å². The second kappa shape index (κ2) is 7.58. The van der Waals surface area contributed by atoms with Crippen molar-refractivity contribution in [3.05, 3.63) is 35.9 Å². The van der Waals surface area contributed by atoms with Crippen molar-refractivity contribution in [3.63, 3.8) is 0 Å². The predicted molar refractivity (Wildman–Crippen MR) is 92.6 cm³/mol. The molecular weight excluding hydrogens is 316 g/mol. The molecule has 3 heterocycles. The zero-order valence-corrected chi connectivity index (χ0v) is 14.5. The Morgan fingerprint density at radius 1 is 1.12 bits per heavy atom. The molecule has 4 rings (SSSR count). The van der Waals surface area contributed by atoms with Crippen LogP contribution in [-0.4, -0.2) is 47.8 Å². The Kier molecular flexibility index (Phi) is 5.03. The molecule has 0 radical (unpaired) electrons. The molecule has 1 aliphatic heterocycles. The molecule has 25 heavy (non-hydrogen) atoms. The van der Waals surface area contributed by atoms with Crippen LogP contribution in [0.4, 0.5) is 0 Å². The quantitative estimate of drug-likeness (QED) is 0.898. The summed E-state index contributed by atoms with van der Waals surface area (Å²) < 4.78 is 2.07. The summed E-state index contributed by atoms with van der Waals surface area (Å²) >= 11 is 0. The van der Waals surface area contributed by atoms with Crippen LogP contribution >= 0.6 is 0 Å². The first-order valence-corrected chi connectivity index (χ1v) is 9.40. The number of hydrogen-bond donors (Lipinski definition) is 1. The van der Waals surface area contributed by atoms with Gasteiger partial charge < -0.3 is 5.11 Å². The van der Waals surface area contributed by atoms with Gasteiger partial charge in [0.1, 0.15) is 0 Å². The zero-order chi connectivity index (χ0) is 17.1. The summed E-state index contributed by atoms with van der Waals surface area (Å²) in [5.74, 6) is 0.965. The number of aliphatic hydroxyl groups is 1. The maximum atomic E-state index is 9.83. The van der Waals surface area contributed by atoms with E-state index in [9.17, 15) is 5.11 Å². The van der Waals surface area contributed by atoms with Gasteiger partial charge in [-0.05, 0) is 47.7 Å². The van der Waals surface area contributed by atoms with Gasteiger partial charge in [-0.3, -0.25) is 9.88 Å². The number of aliphatic hydroxyl groups excluding tert-OH is 1. The molecule has 0 aromatic carbocycles. The van der Waals surface area contributed by atoms with E-state index in [4.69, 9.17) is 0 Å². The number of tetrazole rings is 1. The minimum absolute atomic E-state index is 0.154. The van der Waals surface area contributed by atoms with Crippen molar-refractivity contribution in [1.29, 1.82) is 0 Å². The fourth-order valence-electron chi connectivity index (χ4n) is 4.36. The van der Waals surface area contributed by atoms with E-state index in [2.05, 4.69) is 36.2 Å². The molecule has 0 amide bonds. The van der Waals surface area contributed by atoms with Gasteiger partial charge in [0.05, 0.1) is 18.7 Å². The highest BCUT2D eigenvalue weighted by atomic mass is 16.3. The van der Waals surface area contributed by atoms with Crippen molar-refractivity contribution >= 4 is 0 Å². The highest BCUT2D eigenvalue weighted by Crippen LogP contribution is 2.38. The zero-order valence-electron chi connectivity index (χ0n) is 14.5. The van der Waals surface area contributed by atoms with Crippen LogP contribution < -0.4 is 0 Å². The lowest BCUT2D eigenvalue weighted by atomic mass is 9.95. The van der Waals surface area contributed by atoms with Crippen LogP contribution in [0, 0.1) is 0 Å². The van der Waals surface area contributed by atoms with Crippen LogP contribution in [0.3, 0.4) is 0 Å². The molecule has 0 spiro atoms. The Balaban J connectivity index is 1.59. The average molecular weight is 342 g/mol. The molecular formula is C18H26N6O. The molecule has 0 unspecified atom stereocenters. The van der Waals surface area contributed by atoms with Crippen LogP contribution in [0.25, 0.3) is 0 Å². The van der Waals surface area contributed by atoms with Crippen LogP contribution in [-0.2, 0) is 6.54 Å². The Morgan fingerprint density at radius 3 is 2.76 bits per heavy atom. The third-order valence-corrected chi connectivity index (χ3v) is 5.68. The van der Waals surface area contributed by atoms with Gasteiger partial charge in [-0.2, -0.15) is 0 Å². The molecule has 1 aliphatic carbocycles. The first-order valence-electron chi connectivity index (χ1n) is 9.40. The normalized spacial score (nSPS) is 25.5. The van der Waals surface area contributed by atoms with E-state index in [-0.39, 0.29) is 18.7 Å². The smallest absolute Gasteiger partial charge is 0.168 e. The van der Waals surface area contributed by atoms with Gasteiger partial charge in [-0.25, -0.2) is 4.68 Å². The molecule has 1 N–H and O–H groups in total. The van der Waals surface area contributed by atoms with E-state index in [0.717, 1.165) is 43.6 Å². The van der Waals surface area contributed by atoms with Gasteiger partial charge in [0.25, 0.3) is 0 Å². The van der Waals surface area contributed by atoms with E-state index in [0.29, 0.717) is 6.04 Å². The SMILES string of the molecule is OC[C@@H]1CC[C@@H](c2nnnn2C2CCCCC2)N1Cc1cccnc1. The summed E-state index contributed by atoms with van der Waals surface area (Å²) in [7, 11) is 0. The summed E-state index contributed by atoms with van der Waals surface area (Å²) in [6, 6.07) is 4.78. The largest absolute Gasteiger partial charge is 0.395 e. The minimum Gasteiger partial charge on any atom is -0.395 e. The molecule has 134 valence electrons. The monoisotopic (exact) mass is 342 g/mol. The highest BCUT2D eigenvalue weighted by molar-refractivity contribution is 5.11. The maximum Gasteiger partial charge on any atom is 0.168 e. The molecule has 1 saturated heterocycles. The third kappa shape index (κ3) is 3.43. The summed E-state index contributed by atoms with van der Waals surface area (Å²) in [5, 5.41) is 22.6. The summed E-state index contributed by atoms with van der Waals surface area (Å²) in [4.78, 5) is 6.57. The van der Waals surface area contributed by atoms with Crippen molar-refractivity contribution in [2.75, 3.05) is 6.61 Å². The van der Waals surface area contributed by atoms with E-state index in [1.807, 2.05) is 12.3 Å². The molecule has 7 nitrogen and oxygen atoms in total. The lowest BCUT2D eigenvalue weighted by molar-refractivity contribution is 0.115. The molecule has 2 atom stereocenters. The van der Waals surface area contributed by atoms with E-state index in [1.165, 1.54) is 19.3 Å². The standard InChI is InChI=1S/C18H26N6O/c25-13-16-8-9-17(23(16)12-14-5-4-10-19-11-14)18-20-21-22-24(18)15-6-2-1-3-7-15/h4-5,10-11,15-17,25H,1-3,6-9,12-13H2/t16-,17-/m0/s1. The van der Waals surface area contributed by atoms with Crippen LogP contribution in [0.2, 0.25) is 0 Å². The molecule has 1 saturated carbocycles. The number of rotatable bonds is 5. The molecule has 2 aromatic rings. The van der Waals surface area contributed by atoms with Gasteiger partial charge in [-0.15, -0.1) is 5.10 Å². The Morgan fingerprint density at radius 2 is 2.00 bits per heavy atom.